The third-order valence-corrected chi connectivity index (χ3v) is 3.43. The van der Waals surface area contributed by atoms with E-state index in [1.165, 1.54) is 25.7 Å². The highest BCUT2D eigenvalue weighted by molar-refractivity contribution is 5.76. The van der Waals surface area contributed by atoms with E-state index < -0.39 is 0 Å². The van der Waals surface area contributed by atoms with Gasteiger partial charge >= 0.3 is 0 Å². The van der Waals surface area contributed by atoms with Crippen molar-refractivity contribution in [2.75, 3.05) is 0 Å². The molecular formula is C11H21NO. The van der Waals surface area contributed by atoms with Gasteiger partial charge in [-0.3, -0.25) is 4.79 Å². The van der Waals surface area contributed by atoms with Gasteiger partial charge in [-0.2, -0.15) is 0 Å². The average molecular weight is 183 g/mol. The van der Waals surface area contributed by atoms with Crippen molar-refractivity contribution in [3.8, 4) is 0 Å². The number of nitrogens with two attached hydrogens (primary N) is 1. The van der Waals surface area contributed by atoms with Crippen LogP contribution in [0.25, 0.3) is 0 Å². The summed E-state index contributed by atoms with van der Waals surface area (Å²) >= 11 is 0. The molecule has 0 heterocycles. The van der Waals surface area contributed by atoms with Crippen LogP contribution in [0.2, 0.25) is 0 Å². The Morgan fingerprint density at radius 2 is 1.92 bits per heavy atom. The van der Waals surface area contributed by atoms with Crippen molar-refractivity contribution in [3.63, 3.8) is 0 Å². The monoisotopic (exact) mass is 183 g/mol. The molecule has 0 saturated heterocycles. The molecule has 0 aliphatic heterocycles. The van der Waals surface area contributed by atoms with Crippen molar-refractivity contribution >= 4 is 5.91 Å². The zero-order chi connectivity index (χ0) is 9.84. The molecule has 1 fully saturated rings. The summed E-state index contributed by atoms with van der Waals surface area (Å²) in [6, 6.07) is 0. The molecule has 1 saturated carbocycles. The fourth-order valence-electron chi connectivity index (χ4n) is 2.46. The van der Waals surface area contributed by atoms with Crippen LogP contribution < -0.4 is 5.73 Å². The molecule has 0 bridgehead atoms. The minimum atomic E-state index is -0.0953. The van der Waals surface area contributed by atoms with Crippen LogP contribution in [0, 0.1) is 17.8 Å². The first-order valence-corrected chi connectivity index (χ1v) is 5.44. The van der Waals surface area contributed by atoms with Crippen LogP contribution in [0.3, 0.4) is 0 Å². The lowest BCUT2D eigenvalue weighted by molar-refractivity contribution is -0.124. The molecule has 0 aromatic heterocycles. The van der Waals surface area contributed by atoms with Crippen LogP contribution >= 0.6 is 0 Å². The maximum absolute atomic E-state index is 11.1. The molecule has 2 nitrogen and oxygen atoms in total. The number of rotatable bonds is 3. The molecule has 1 aliphatic carbocycles. The van der Waals surface area contributed by atoms with Gasteiger partial charge in [-0.25, -0.2) is 0 Å². The maximum Gasteiger partial charge on any atom is 0.220 e. The Kier molecular flexibility index (Phi) is 3.76. The Hall–Kier alpha value is -0.530. The second-order valence-electron chi connectivity index (χ2n) is 4.44. The fourth-order valence-corrected chi connectivity index (χ4v) is 2.46. The topological polar surface area (TPSA) is 43.1 Å². The van der Waals surface area contributed by atoms with Crippen molar-refractivity contribution in [2.45, 2.75) is 46.0 Å². The molecule has 0 radical (unpaired) electrons. The number of carbonyl (C=O) groups excluding carboxylic acids is 1. The lowest BCUT2D eigenvalue weighted by Crippen LogP contribution is -2.31. The zero-order valence-corrected chi connectivity index (χ0v) is 8.75. The third-order valence-electron chi connectivity index (χ3n) is 3.43. The van der Waals surface area contributed by atoms with E-state index in [0.29, 0.717) is 5.92 Å². The van der Waals surface area contributed by atoms with Gasteiger partial charge < -0.3 is 5.73 Å². The van der Waals surface area contributed by atoms with E-state index in [4.69, 9.17) is 5.73 Å². The lowest BCUT2D eigenvalue weighted by atomic mass is 9.75. The second kappa shape index (κ2) is 4.64. The van der Waals surface area contributed by atoms with Crippen LogP contribution in [0.5, 0.6) is 0 Å². The van der Waals surface area contributed by atoms with Crippen LogP contribution in [-0.4, -0.2) is 5.91 Å². The van der Waals surface area contributed by atoms with E-state index in [1.54, 1.807) is 0 Å². The lowest BCUT2D eigenvalue weighted by Gasteiger charge is -2.30. The molecule has 2 heteroatoms. The summed E-state index contributed by atoms with van der Waals surface area (Å²) in [6.07, 6.45) is 5.85. The molecule has 1 aliphatic rings. The summed E-state index contributed by atoms with van der Waals surface area (Å²) in [5.41, 5.74) is 5.37. The average Bonchev–Trinajstić information content (AvgIpc) is 2.09. The van der Waals surface area contributed by atoms with Crippen molar-refractivity contribution in [2.24, 2.45) is 23.5 Å². The van der Waals surface area contributed by atoms with Crippen LogP contribution in [0.1, 0.15) is 46.0 Å². The number of amides is 1. The van der Waals surface area contributed by atoms with E-state index in [9.17, 15) is 4.79 Å². The van der Waals surface area contributed by atoms with Crippen molar-refractivity contribution in [1.29, 1.82) is 0 Å². The molecule has 2 N–H and O–H groups in total. The van der Waals surface area contributed by atoms with E-state index in [0.717, 1.165) is 12.3 Å². The minimum Gasteiger partial charge on any atom is -0.369 e. The highest BCUT2D eigenvalue weighted by Gasteiger charge is 2.28. The SMILES string of the molecule is CCC(C(N)=O)C1CCC(C)CC1. The summed E-state index contributed by atoms with van der Waals surface area (Å²) in [5.74, 6) is 1.45. The van der Waals surface area contributed by atoms with Gasteiger partial charge in [0, 0.05) is 5.92 Å². The molecule has 13 heavy (non-hydrogen) atoms. The van der Waals surface area contributed by atoms with Gasteiger partial charge in [0.25, 0.3) is 0 Å². The van der Waals surface area contributed by atoms with Gasteiger partial charge in [0.05, 0.1) is 0 Å². The molecular weight excluding hydrogens is 162 g/mol. The second-order valence-corrected chi connectivity index (χ2v) is 4.44. The Balaban J connectivity index is 2.46. The first-order valence-electron chi connectivity index (χ1n) is 5.44. The Morgan fingerprint density at radius 1 is 1.38 bits per heavy atom. The van der Waals surface area contributed by atoms with Gasteiger partial charge in [-0.15, -0.1) is 0 Å². The summed E-state index contributed by atoms with van der Waals surface area (Å²) < 4.78 is 0. The van der Waals surface area contributed by atoms with Crippen LogP contribution in [-0.2, 0) is 4.79 Å². The highest BCUT2D eigenvalue weighted by Crippen LogP contribution is 2.34. The molecule has 76 valence electrons. The van der Waals surface area contributed by atoms with Crippen molar-refractivity contribution in [3.05, 3.63) is 0 Å². The molecule has 1 amide bonds. The van der Waals surface area contributed by atoms with Crippen LogP contribution in [0.4, 0.5) is 0 Å². The van der Waals surface area contributed by atoms with Gasteiger partial charge in [0.1, 0.15) is 0 Å². The highest BCUT2D eigenvalue weighted by atomic mass is 16.1. The number of hydrogen-bond acceptors (Lipinski definition) is 1. The number of primary amides is 1. The molecule has 1 atom stereocenters. The van der Waals surface area contributed by atoms with E-state index in [-0.39, 0.29) is 11.8 Å². The summed E-state index contributed by atoms with van der Waals surface area (Å²) in [5, 5.41) is 0. The van der Waals surface area contributed by atoms with Gasteiger partial charge in [-0.1, -0.05) is 26.7 Å². The Morgan fingerprint density at radius 3 is 2.31 bits per heavy atom. The minimum absolute atomic E-state index is 0.0953. The summed E-state index contributed by atoms with van der Waals surface area (Å²) in [6.45, 7) is 4.36. The van der Waals surface area contributed by atoms with E-state index in [2.05, 4.69) is 13.8 Å². The summed E-state index contributed by atoms with van der Waals surface area (Å²) in [4.78, 5) is 11.1. The first kappa shape index (κ1) is 10.6. The fraction of sp³-hybridized carbons (Fsp3) is 0.909. The van der Waals surface area contributed by atoms with Crippen molar-refractivity contribution < 1.29 is 4.79 Å². The van der Waals surface area contributed by atoms with Gasteiger partial charge in [-0.05, 0) is 31.1 Å². The van der Waals surface area contributed by atoms with E-state index in [1.807, 2.05) is 0 Å². The van der Waals surface area contributed by atoms with E-state index >= 15 is 0 Å². The molecule has 1 unspecified atom stereocenters. The quantitative estimate of drug-likeness (QED) is 0.717. The van der Waals surface area contributed by atoms with Gasteiger partial charge in [0.2, 0.25) is 5.91 Å². The third kappa shape index (κ3) is 2.71. The Labute approximate surface area is 80.9 Å². The predicted octanol–water partition coefficient (Wildman–Crippen LogP) is 2.32. The first-order chi connectivity index (χ1) is 6.15. The number of hydrogen-bond donors (Lipinski definition) is 1. The number of carbonyl (C=O) groups is 1. The van der Waals surface area contributed by atoms with Crippen molar-refractivity contribution in [1.82, 2.24) is 0 Å². The predicted molar refractivity (Wildman–Crippen MR) is 54.1 cm³/mol. The largest absolute Gasteiger partial charge is 0.369 e. The molecule has 0 aromatic rings. The summed E-state index contributed by atoms with van der Waals surface area (Å²) in [7, 11) is 0. The molecule has 0 spiro atoms. The standard InChI is InChI=1S/C11H21NO/c1-3-10(11(12)13)9-6-4-8(2)5-7-9/h8-10H,3-7H2,1-2H3,(H2,12,13). The molecule has 0 aromatic carbocycles. The zero-order valence-electron chi connectivity index (χ0n) is 8.75. The molecule has 1 rings (SSSR count). The maximum atomic E-state index is 11.1. The smallest absolute Gasteiger partial charge is 0.220 e. The normalized spacial score (nSPS) is 31.2. The van der Waals surface area contributed by atoms with Gasteiger partial charge in [0.15, 0.2) is 0 Å². The van der Waals surface area contributed by atoms with Crippen LogP contribution in [0.15, 0.2) is 0 Å². The Bertz CT molecular complexity index is 171.